The molecule has 0 saturated heterocycles. The highest BCUT2D eigenvalue weighted by atomic mass is 16.5. The molecule has 1 aromatic rings. The SMILES string of the molecule is CCCCc1ccc(OC(C)(C)C)cc1. The average Bonchev–Trinajstić information content (AvgIpc) is 2.14. The van der Waals surface area contributed by atoms with Crippen molar-refractivity contribution in [1.82, 2.24) is 0 Å². The third-order valence-corrected chi connectivity index (χ3v) is 2.17. The topological polar surface area (TPSA) is 9.23 Å². The minimum atomic E-state index is -0.106. The monoisotopic (exact) mass is 206 g/mol. The van der Waals surface area contributed by atoms with E-state index in [-0.39, 0.29) is 5.60 Å². The van der Waals surface area contributed by atoms with Crippen LogP contribution in [0.1, 0.15) is 46.1 Å². The molecule has 0 aliphatic heterocycles. The Balaban J connectivity index is 2.56. The van der Waals surface area contributed by atoms with Crippen LogP contribution in [0.4, 0.5) is 0 Å². The second kappa shape index (κ2) is 5.20. The van der Waals surface area contributed by atoms with Gasteiger partial charge in [-0.2, -0.15) is 0 Å². The maximum absolute atomic E-state index is 5.76. The zero-order valence-corrected chi connectivity index (χ0v) is 10.3. The lowest BCUT2D eigenvalue weighted by atomic mass is 10.1. The van der Waals surface area contributed by atoms with E-state index >= 15 is 0 Å². The van der Waals surface area contributed by atoms with E-state index in [4.69, 9.17) is 4.74 Å². The second-order valence-electron chi connectivity index (χ2n) is 4.96. The van der Waals surface area contributed by atoms with E-state index in [0.29, 0.717) is 0 Å². The zero-order chi connectivity index (χ0) is 11.3. The van der Waals surface area contributed by atoms with Gasteiger partial charge in [-0.05, 0) is 51.3 Å². The van der Waals surface area contributed by atoms with Gasteiger partial charge in [0.05, 0.1) is 0 Å². The first-order valence-corrected chi connectivity index (χ1v) is 5.79. The van der Waals surface area contributed by atoms with Crippen molar-refractivity contribution in [3.05, 3.63) is 29.8 Å². The molecule has 0 N–H and O–H groups in total. The number of hydrogen-bond donors (Lipinski definition) is 0. The highest BCUT2D eigenvalue weighted by Crippen LogP contribution is 2.19. The van der Waals surface area contributed by atoms with Crippen molar-refractivity contribution in [2.75, 3.05) is 0 Å². The van der Waals surface area contributed by atoms with E-state index in [9.17, 15) is 0 Å². The second-order valence-corrected chi connectivity index (χ2v) is 4.96. The summed E-state index contributed by atoms with van der Waals surface area (Å²) in [6, 6.07) is 8.46. The molecular formula is C14H22O. The molecule has 1 nitrogen and oxygen atoms in total. The molecule has 0 amide bonds. The first-order valence-electron chi connectivity index (χ1n) is 5.79. The van der Waals surface area contributed by atoms with Crippen LogP contribution < -0.4 is 4.74 Å². The summed E-state index contributed by atoms with van der Waals surface area (Å²) in [6.07, 6.45) is 3.69. The van der Waals surface area contributed by atoms with Crippen LogP contribution >= 0.6 is 0 Å². The van der Waals surface area contributed by atoms with Gasteiger partial charge in [0.2, 0.25) is 0 Å². The van der Waals surface area contributed by atoms with E-state index < -0.39 is 0 Å². The molecule has 0 heterocycles. The van der Waals surface area contributed by atoms with Crippen molar-refractivity contribution < 1.29 is 4.74 Å². The maximum Gasteiger partial charge on any atom is 0.120 e. The van der Waals surface area contributed by atoms with E-state index in [1.54, 1.807) is 0 Å². The molecule has 0 unspecified atom stereocenters. The summed E-state index contributed by atoms with van der Waals surface area (Å²) in [5.41, 5.74) is 1.29. The Bertz CT molecular complexity index is 279. The quantitative estimate of drug-likeness (QED) is 0.717. The molecule has 0 aliphatic rings. The first-order chi connectivity index (χ1) is 7.01. The average molecular weight is 206 g/mol. The van der Waals surface area contributed by atoms with Gasteiger partial charge in [0.15, 0.2) is 0 Å². The van der Waals surface area contributed by atoms with Gasteiger partial charge in [0, 0.05) is 0 Å². The molecule has 84 valence electrons. The van der Waals surface area contributed by atoms with Crippen molar-refractivity contribution >= 4 is 0 Å². The molecular weight excluding hydrogens is 184 g/mol. The lowest BCUT2D eigenvalue weighted by molar-refractivity contribution is 0.131. The van der Waals surface area contributed by atoms with Gasteiger partial charge in [-0.1, -0.05) is 25.5 Å². The molecule has 0 fully saturated rings. The number of hydrogen-bond acceptors (Lipinski definition) is 1. The van der Waals surface area contributed by atoms with Crippen LogP contribution in [0.3, 0.4) is 0 Å². The Hall–Kier alpha value is -0.980. The lowest BCUT2D eigenvalue weighted by Crippen LogP contribution is -2.22. The van der Waals surface area contributed by atoms with Crippen LogP contribution in [0, 0.1) is 0 Å². The fourth-order valence-electron chi connectivity index (χ4n) is 1.46. The Morgan fingerprint density at radius 1 is 1.07 bits per heavy atom. The van der Waals surface area contributed by atoms with Gasteiger partial charge >= 0.3 is 0 Å². The summed E-state index contributed by atoms with van der Waals surface area (Å²) in [7, 11) is 0. The highest BCUT2D eigenvalue weighted by molar-refractivity contribution is 5.27. The summed E-state index contributed by atoms with van der Waals surface area (Å²) >= 11 is 0. The van der Waals surface area contributed by atoms with E-state index in [1.165, 1.54) is 24.8 Å². The summed E-state index contributed by atoms with van der Waals surface area (Å²) in [4.78, 5) is 0. The molecule has 1 aromatic carbocycles. The minimum absolute atomic E-state index is 0.106. The molecule has 0 aliphatic carbocycles. The van der Waals surface area contributed by atoms with E-state index in [0.717, 1.165) is 5.75 Å². The molecule has 15 heavy (non-hydrogen) atoms. The summed E-state index contributed by atoms with van der Waals surface area (Å²) < 4.78 is 5.76. The van der Waals surface area contributed by atoms with Crippen molar-refractivity contribution in [2.45, 2.75) is 52.6 Å². The van der Waals surface area contributed by atoms with E-state index in [1.807, 2.05) is 0 Å². The fourth-order valence-corrected chi connectivity index (χ4v) is 1.46. The molecule has 1 rings (SSSR count). The van der Waals surface area contributed by atoms with Crippen LogP contribution in [0.5, 0.6) is 5.75 Å². The van der Waals surface area contributed by atoms with Crippen molar-refractivity contribution in [3.8, 4) is 5.75 Å². The lowest BCUT2D eigenvalue weighted by Gasteiger charge is -2.21. The number of unbranched alkanes of at least 4 members (excludes halogenated alkanes) is 1. The fraction of sp³-hybridized carbons (Fsp3) is 0.571. The Morgan fingerprint density at radius 2 is 1.67 bits per heavy atom. The molecule has 0 saturated carbocycles. The summed E-state index contributed by atoms with van der Waals surface area (Å²) in [6.45, 7) is 8.42. The largest absolute Gasteiger partial charge is 0.488 e. The van der Waals surface area contributed by atoms with Crippen LogP contribution in [0.15, 0.2) is 24.3 Å². The number of aryl methyl sites for hydroxylation is 1. The van der Waals surface area contributed by atoms with Crippen molar-refractivity contribution in [3.63, 3.8) is 0 Å². The van der Waals surface area contributed by atoms with Crippen LogP contribution in [-0.4, -0.2) is 5.60 Å². The number of rotatable bonds is 4. The van der Waals surface area contributed by atoms with Gasteiger partial charge in [-0.15, -0.1) is 0 Å². The molecule has 0 aromatic heterocycles. The summed E-state index contributed by atoms with van der Waals surface area (Å²) in [5, 5.41) is 0. The van der Waals surface area contributed by atoms with Crippen molar-refractivity contribution in [2.24, 2.45) is 0 Å². The highest BCUT2D eigenvalue weighted by Gasteiger charge is 2.10. The Morgan fingerprint density at radius 3 is 2.13 bits per heavy atom. The molecule has 0 bridgehead atoms. The number of ether oxygens (including phenoxy) is 1. The third-order valence-electron chi connectivity index (χ3n) is 2.17. The standard InChI is InChI=1S/C14H22O/c1-5-6-7-12-8-10-13(11-9-12)15-14(2,3)4/h8-11H,5-7H2,1-4H3. The number of benzene rings is 1. The zero-order valence-electron chi connectivity index (χ0n) is 10.3. The van der Waals surface area contributed by atoms with Crippen LogP contribution in [0.25, 0.3) is 0 Å². The molecule has 0 spiro atoms. The first kappa shape index (κ1) is 12.1. The minimum Gasteiger partial charge on any atom is -0.488 e. The normalized spacial score (nSPS) is 11.5. The van der Waals surface area contributed by atoms with Gasteiger partial charge in [-0.3, -0.25) is 0 Å². The predicted octanol–water partition coefficient (Wildman–Crippen LogP) is 4.21. The molecule has 1 heteroatoms. The Kier molecular flexibility index (Phi) is 4.19. The predicted molar refractivity (Wildman–Crippen MR) is 65.4 cm³/mol. The maximum atomic E-state index is 5.76. The van der Waals surface area contributed by atoms with Crippen LogP contribution in [-0.2, 0) is 6.42 Å². The Labute approximate surface area is 93.5 Å². The van der Waals surface area contributed by atoms with Gasteiger partial charge in [0.1, 0.15) is 11.4 Å². The smallest absolute Gasteiger partial charge is 0.120 e. The third kappa shape index (κ3) is 4.87. The van der Waals surface area contributed by atoms with Gasteiger partial charge < -0.3 is 4.74 Å². The molecule has 0 atom stereocenters. The van der Waals surface area contributed by atoms with Gasteiger partial charge in [-0.25, -0.2) is 0 Å². The van der Waals surface area contributed by atoms with E-state index in [2.05, 4.69) is 52.0 Å². The molecule has 0 radical (unpaired) electrons. The van der Waals surface area contributed by atoms with Crippen LogP contribution in [0.2, 0.25) is 0 Å². The van der Waals surface area contributed by atoms with Gasteiger partial charge in [0.25, 0.3) is 0 Å². The van der Waals surface area contributed by atoms with Crippen molar-refractivity contribution in [1.29, 1.82) is 0 Å². The summed E-state index contributed by atoms with van der Waals surface area (Å²) in [5.74, 6) is 0.961.